The van der Waals surface area contributed by atoms with Gasteiger partial charge in [-0.3, -0.25) is 0 Å². The van der Waals surface area contributed by atoms with Crippen molar-refractivity contribution in [2.45, 2.75) is 44.8 Å². The van der Waals surface area contributed by atoms with Gasteiger partial charge in [-0.1, -0.05) is 13.3 Å². The SMILES string of the molecule is CCCC1OC1(C)CCO. The van der Waals surface area contributed by atoms with E-state index in [0.29, 0.717) is 6.10 Å². The third-order valence-electron chi connectivity index (χ3n) is 2.19. The second-order valence-electron chi connectivity index (χ2n) is 3.18. The normalized spacial score (nSPS) is 38.1. The Kier molecular flexibility index (Phi) is 2.32. The molecule has 1 rings (SSSR count). The van der Waals surface area contributed by atoms with Crippen molar-refractivity contribution < 1.29 is 9.84 Å². The molecule has 0 amide bonds. The zero-order chi connectivity index (χ0) is 7.61. The van der Waals surface area contributed by atoms with Gasteiger partial charge in [-0.15, -0.1) is 0 Å². The summed E-state index contributed by atoms with van der Waals surface area (Å²) in [5, 5.41) is 8.65. The van der Waals surface area contributed by atoms with Crippen LogP contribution in [0.3, 0.4) is 0 Å². The molecule has 0 spiro atoms. The fourth-order valence-corrected chi connectivity index (χ4v) is 1.36. The lowest BCUT2D eigenvalue weighted by Crippen LogP contribution is -2.11. The molecule has 0 saturated carbocycles. The first-order chi connectivity index (χ1) is 4.73. The highest BCUT2D eigenvalue weighted by atomic mass is 16.6. The summed E-state index contributed by atoms with van der Waals surface area (Å²) in [6, 6.07) is 0. The first-order valence-corrected chi connectivity index (χ1v) is 4.01. The molecule has 0 aliphatic carbocycles. The van der Waals surface area contributed by atoms with Crippen LogP contribution in [0, 0.1) is 0 Å². The van der Waals surface area contributed by atoms with Crippen molar-refractivity contribution in [1.82, 2.24) is 0 Å². The Morgan fingerprint density at radius 1 is 1.60 bits per heavy atom. The highest BCUT2D eigenvalue weighted by molar-refractivity contribution is 4.97. The molecular formula is C8H16O2. The van der Waals surface area contributed by atoms with Gasteiger partial charge in [0.05, 0.1) is 11.7 Å². The lowest BCUT2D eigenvalue weighted by molar-refractivity contribution is 0.222. The van der Waals surface area contributed by atoms with Crippen LogP contribution in [-0.4, -0.2) is 23.4 Å². The summed E-state index contributed by atoms with van der Waals surface area (Å²) >= 11 is 0. The van der Waals surface area contributed by atoms with E-state index in [1.807, 2.05) is 0 Å². The molecule has 1 aliphatic rings. The Hall–Kier alpha value is -0.0800. The van der Waals surface area contributed by atoms with Crippen molar-refractivity contribution in [3.63, 3.8) is 0 Å². The predicted octanol–water partition coefficient (Wildman–Crippen LogP) is 1.33. The number of aliphatic hydroxyl groups excluding tert-OH is 1. The second-order valence-corrected chi connectivity index (χ2v) is 3.18. The zero-order valence-electron chi connectivity index (χ0n) is 6.76. The van der Waals surface area contributed by atoms with Crippen LogP contribution in [0.1, 0.15) is 33.1 Å². The minimum absolute atomic E-state index is 0.0186. The van der Waals surface area contributed by atoms with Crippen LogP contribution in [0.15, 0.2) is 0 Å². The second kappa shape index (κ2) is 2.89. The number of ether oxygens (including phenoxy) is 1. The summed E-state index contributed by atoms with van der Waals surface area (Å²) in [5.41, 5.74) is 0.0186. The van der Waals surface area contributed by atoms with Gasteiger partial charge in [0.25, 0.3) is 0 Å². The average Bonchev–Trinajstić information content (AvgIpc) is 2.44. The Labute approximate surface area is 62.2 Å². The van der Waals surface area contributed by atoms with E-state index >= 15 is 0 Å². The van der Waals surface area contributed by atoms with Crippen LogP contribution < -0.4 is 0 Å². The third-order valence-corrected chi connectivity index (χ3v) is 2.19. The minimum atomic E-state index is 0.0186. The van der Waals surface area contributed by atoms with E-state index in [4.69, 9.17) is 9.84 Å². The van der Waals surface area contributed by atoms with Crippen LogP contribution in [0.5, 0.6) is 0 Å². The highest BCUT2D eigenvalue weighted by Crippen LogP contribution is 2.41. The van der Waals surface area contributed by atoms with Crippen molar-refractivity contribution in [2.24, 2.45) is 0 Å². The number of aliphatic hydroxyl groups is 1. The molecule has 2 unspecified atom stereocenters. The Morgan fingerprint density at radius 3 is 2.80 bits per heavy atom. The summed E-state index contributed by atoms with van der Waals surface area (Å²) in [6.07, 6.45) is 3.52. The molecule has 0 aromatic rings. The van der Waals surface area contributed by atoms with Gasteiger partial charge < -0.3 is 9.84 Å². The van der Waals surface area contributed by atoms with E-state index in [1.165, 1.54) is 6.42 Å². The Balaban J connectivity index is 2.19. The maximum atomic E-state index is 8.65. The van der Waals surface area contributed by atoms with E-state index < -0.39 is 0 Å². The molecule has 0 radical (unpaired) electrons. The molecule has 1 fully saturated rings. The number of rotatable bonds is 4. The molecule has 0 aromatic carbocycles. The van der Waals surface area contributed by atoms with Crippen LogP contribution in [0.4, 0.5) is 0 Å². The lowest BCUT2D eigenvalue weighted by Gasteiger charge is -2.00. The average molecular weight is 144 g/mol. The van der Waals surface area contributed by atoms with Crippen LogP contribution in [0.25, 0.3) is 0 Å². The van der Waals surface area contributed by atoms with Crippen LogP contribution in [0.2, 0.25) is 0 Å². The molecule has 1 heterocycles. The van der Waals surface area contributed by atoms with Crippen molar-refractivity contribution in [3.8, 4) is 0 Å². The van der Waals surface area contributed by atoms with Crippen LogP contribution >= 0.6 is 0 Å². The number of hydrogen-bond acceptors (Lipinski definition) is 2. The van der Waals surface area contributed by atoms with Gasteiger partial charge in [0.1, 0.15) is 0 Å². The molecule has 0 aromatic heterocycles. The van der Waals surface area contributed by atoms with Gasteiger partial charge in [0.2, 0.25) is 0 Å². The van der Waals surface area contributed by atoms with Crippen LogP contribution in [-0.2, 0) is 4.74 Å². The first kappa shape index (κ1) is 8.02. The molecule has 2 heteroatoms. The van der Waals surface area contributed by atoms with Crippen molar-refractivity contribution in [3.05, 3.63) is 0 Å². The van der Waals surface area contributed by atoms with Crippen molar-refractivity contribution >= 4 is 0 Å². The first-order valence-electron chi connectivity index (χ1n) is 4.01. The van der Waals surface area contributed by atoms with Gasteiger partial charge >= 0.3 is 0 Å². The monoisotopic (exact) mass is 144 g/mol. The summed E-state index contributed by atoms with van der Waals surface area (Å²) in [6.45, 7) is 4.47. The molecule has 1 aliphatic heterocycles. The minimum Gasteiger partial charge on any atom is -0.396 e. The van der Waals surface area contributed by atoms with E-state index in [9.17, 15) is 0 Å². The Morgan fingerprint density at radius 2 is 2.30 bits per heavy atom. The lowest BCUT2D eigenvalue weighted by atomic mass is 10.0. The number of hydrogen-bond donors (Lipinski definition) is 1. The smallest absolute Gasteiger partial charge is 0.0942 e. The molecule has 60 valence electrons. The summed E-state index contributed by atoms with van der Waals surface area (Å²) in [5.74, 6) is 0. The fraction of sp³-hybridized carbons (Fsp3) is 1.00. The van der Waals surface area contributed by atoms with Gasteiger partial charge in [0, 0.05) is 13.0 Å². The van der Waals surface area contributed by atoms with Crippen molar-refractivity contribution in [2.75, 3.05) is 6.61 Å². The quantitative estimate of drug-likeness (QED) is 0.604. The van der Waals surface area contributed by atoms with Gasteiger partial charge in [-0.05, 0) is 13.3 Å². The maximum absolute atomic E-state index is 8.65. The van der Waals surface area contributed by atoms with E-state index in [1.54, 1.807) is 0 Å². The molecule has 0 bridgehead atoms. The molecule has 2 nitrogen and oxygen atoms in total. The standard InChI is InChI=1S/C8H16O2/c1-3-4-7-8(2,10-7)5-6-9/h7,9H,3-6H2,1-2H3. The van der Waals surface area contributed by atoms with E-state index in [0.717, 1.165) is 12.8 Å². The summed E-state index contributed by atoms with van der Waals surface area (Å²) < 4.78 is 5.43. The predicted molar refractivity (Wildman–Crippen MR) is 39.9 cm³/mol. The molecule has 1 saturated heterocycles. The molecule has 2 atom stereocenters. The molecular weight excluding hydrogens is 128 g/mol. The van der Waals surface area contributed by atoms with E-state index in [-0.39, 0.29) is 12.2 Å². The van der Waals surface area contributed by atoms with Gasteiger partial charge in [-0.25, -0.2) is 0 Å². The molecule has 1 N–H and O–H groups in total. The van der Waals surface area contributed by atoms with E-state index in [2.05, 4.69) is 13.8 Å². The summed E-state index contributed by atoms with van der Waals surface area (Å²) in [7, 11) is 0. The fourth-order valence-electron chi connectivity index (χ4n) is 1.36. The summed E-state index contributed by atoms with van der Waals surface area (Å²) in [4.78, 5) is 0. The maximum Gasteiger partial charge on any atom is 0.0942 e. The van der Waals surface area contributed by atoms with Gasteiger partial charge in [0.15, 0.2) is 0 Å². The topological polar surface area (TPSA) is 32.8 Å². The molecule has 10 heavy (non-hydrogen) atoms. The van der Waals surface area contributed by atoms with Gasteiger partial charge in [-0.2, -0.15) is 0 Å². The highest BCUT2D eigenvalue weighted by Gasteiger charge is 2.50. The zero-order valence-corrected chi connectivity index (χ0v) is 6.76. The third kappa shape index (κ3) is 1.50. The number of epoxide rings is 1. The van der Waals surface area contributed by atoms with Crippen molar-refractivity contribution in [1.29, 1.82) is 0 Å². The Bertz CT molecular complexity index is 114. The largest absolute Gasteiger partial charge is 0.396 e.